The molecule has 1 heterocycles. The zero-order valence-electron chi connectivity index (χ0n) is 34.6. The van der Waals surface area contributed by atoms with E-state index in [0.29, 0.717) is 0 Å². The molecule has 11 aromatic rings. The first-order valence-corrected chi connectivity index (χ1v) is 22.2. The van der Waals surface area contributed by atoms with Gasteiger partial charge in [-0.3, -0.25) is 0 Å². The average molecular weight is 823 g/mol. The Morgan fingerprint density at radius 2 is 0.619 bits per heavy atom. The number of rotatable bonds is 10. The first kappa shape index (κ1) is 38.0. The van der Waals surface area contributed by atoms with Crippen LogP contribution in [0.5, 0.6) is 0 Å². The van der Waals surface area contributed by atoms with Crippen LogP contribution in [-0.2, 0) is 0 Å². The van der Waals surface area contributed by atoms with Crippen LogP contribution in [0.15, 0.2) is 255 Å². The van der Waals surface area contributed by atoms with Gasteiger partial charge >= 0.3 is 0 Å². The molecule has 0 atom stereocenters. The maximum atomic E-state index is 2.45. The number of hydrogen-bond acceptors (Lipinski definition) is 3. The molecule has 63 heavy (non-hydrogen) atoms. The molecule has 0 amide bonds. The summed E-state index contributed by atoms with van der Waals surface area (Å²) in [6, 6.07) is 92.1. The highest BCUT2D eigenvalue weighted by Crippen LogP contribution is 2.48. The molecule has 0 N–H and O–H groups in total. The Morgan fingerprint density at radius 1 is 0.254 bits per heavy atom. The van der Waals surface area contributed by atoms with Gasteiger partial charge in [-0.15, -0.1) is 11.3 Å². The highest BCUT2D eigenvalue weighted by atomic mass is 32.1. The molecule has 1 aromatic heterocycles. The summed E-state index contributed by atoms with van der Waals surface area (Å²) in [4.78, 5) is 4.87. The van der Waals surface area contributed by atoms with Gasteiger partial charge in [0.25, 0.3) is 0 Å². The van der Waals surface area contributed by atoms with Crippen molar-refractivity contribution in [2.24, 2.45) is 0 Å². The lowest BCUT2D eigenvalue weighted by atomic mass is 9.98. The number of fused-ring (bicyclic) bond motifs is 3. The van der Waals surface area contributed by atoms with Crippen LogP contribution in [0.2, 0.25) is 0 Å². The predicted molar refractivity (Wildman–Crippen MR) is 270 cm³/mol. The van der Waals surface area contributed by atoms with E-state index >= 15 is 0 Å². The minimum Gasteiger partial charge on any atom is -0.310 e. The van der Waals surface area contributed by atoms with Crippen LogP contribution in [0.4, 0.5) is 34.1 Å². The topological polar surface area (TPSA) is 6.48 Å². The van der Waals surface area contributed by atoms with E-state index in [4.69, 9.17) is 0 Å². The van der Waals surface area contributed by atoms with Crippen molar-refractivity contribution in [3.63, 3.8) is 0 Å². The quantitative estimate of drug-likeness (QED) is 0.136. The Kier molecular flexibility index (Phi) is 10.1. The highest BCUT2D eigenvalue weighted by Gasteiger charge is 2.22. The molecular weight excluding hydrogens is 781 g/mol. The lowest BCUT2D eigenvalue weighted by molar-refractivity contribution is 1.28. The second-order valence-corrected chi connectivity index (χ2v) is 16.8. The van der Waals surface area contributed by atoms with Gasteiger partial charge in [-0.05, 0) is 112 Å². The maximum Gasteiger partial charge on any atom is 0.0554 e. The Morgan fingerprint density at radius 3 is 1.16 bits per heavy atom. The predicted octanol–water partition coefficient (Wildman–Crippen LogP) is 17.7. The zero-order valence-corrected chi connectivity index (χ0v) is 35.4. The Labute approximate surface area is 372 Å². The molecule has 0 aliphatic carbocycles. The zero-order chi connectivity index (χ0) is 42.0. The fourth-order valence-corrected chi connectivity index (χ4v) is 10.0. The van der Waals surface area contributed by atoms with Crippen LogP contribution >= 0.6 is 11.3 Å². The van der Waals surface area contributed by atoms with Crippen molar-refractivity contribution in [1.29, 1.82) is 0 Å². The number of thiophene rings is 1. The van der Waals surface area contributed by atoms with E-state index in [0.717, 1.165) is 45.3 Å². The minimum absolute atomic E-state index is 1.08. The highest BCUT2D eigenvalue weighted by molar-refractivity contribution is 7.26. The van der Waals surface area contributed by atoms with E-state index in [9.17, 15) is 0 Å². The summed E-state index contributed by atoms with van der Waals surface area (Å²) in [5.41, 5.74) is 15.9. The molecule has 10 aromatic carbocycles. The number of hydrogen-bond donors (Lipinski definition) is 0. The molecule has 3 heteroatoms. The van der Waals surface area contributed by atoms with Crippen molar-refractivity contribution in [3.05, 3.63) is 255 Å². The number of anilines is 6. The molecule has 0 saturated heterocycles. The van der Waals surface area contributed by atoms with E-state index in [1.54, 1.807) is 0 Å². The van der Waals surface area contributed by atoms with Gasteiger partial charge in [0.05, 0.1) is 11.4 Å². The summed E-state index contributed by atoms with van der Waals surface area (Å²) in [5, 5.41) is 2.53. The van der Waals surface area contributed by atoms with Gasteiger partial charge in [-0.25, -0.2) is 0 Å². The van der Waals surface area contributed by atoms with Crippen molar-refractivity contribution >= 4 is 65.6 Å². The third-order valence-corrected chi connectivity index (χ3v) is 13.0. The molecule has 0 aliphatic heterocycles. The molecule has 0 bridgehead atoms. The molecular formula is C60H42N2S. The molecule has 0 spiro atoms. The van der Waals surface area contributed by atoms with E-state index in [-0.39, 0.29) is 0 Å². The van der Waals surface area contributed by atoms with Gasteiger partial charge in [-0.2, -0.15) is 0 Å². The van der Waals surface area contributed by atoms with Gasteiger partial charge in [0.15, 0.2) is 0 Å². The number of para-hydroxylation sites is 1. The van der Waals surface area contributed by atoms with Gasteiger partial charge in [0, 0.05) is 48.5 Å². The second kappa shape index (κ2) is 16.8. The van der Waals surface area contributed by atoms with Crippen molar-refractivity contribution in [2.45, 2.75) is 0 Å². The van der Waals surface area contributed by atoms with Crippen LogP contribution in [0.25, 0.3) is 64.7 Å². The normalized spacial score (nSPS) is 11.2. The molecule has 11 rings (SSSR count). The minimum atomic E-state index is 1.08. The lowest BCUT2D eigenvalue weighted by Gasteiger charge is -2.30. The molecule has 2 nitrogen and oxygen atoms in total. The molecule has 0 aliphatic rings. The van der Waals surface area contributed by atoms with Crippen molar-refractivity contribution in [2.75, 3.05) is 9.80 Å². The SMILES string of the molecule is c1ccc(-c2cccc(N(c3cccc(-c4ccccc4)c3)c3ccccc3-c3cccc(N(c4cccc(-c5ccccc5)c4)c4cccc5sc6ccccc6c45)c3)c2)cc1. The van der Waals surface area contributed by atoms with E-state index in [1.807, 2.05) is 11.3 Å². The third kappa shape index (κ3) is 7.46. The van der Waals surface area contributed by atoms with E-state index < -0.39 is 0 Å². The molecule has 0 unspecified atom stereocenters. The van der Waals surface area contributed by atoms with Gasteiger partial charge < -0.3 is 9.80 Å². The summed E-state index contributed by atoms with van der Waals surface area (Å²) in [5.74, 6) is 0. The monoisotopic (exact) mass is 822 g/mol. The standard InChI is InChI=1S/C60H42N2S/c1-4-19-43(20-5-1)46-25-14-29-50(39-46)61(51-30-15-26-47(40-51)44-21-6-2-7-22-44)56-35-12-10-33-54(56)49-28-17-32-53(42-49)62(52-31-16-27-48(41-52)45-23-8-3-9-24-45)57-36-18-38-59-60(57)55-34-11-13-37-58(55)63-59/h1-42H. The number of nitrogens with zero attached hydrogens (tertiary/aromatic N) is 2. The number of benzene rings is 10. The smallest absolute Gasteiger partial charge is 0.0554 e. The molecule has 0 radical (unpaired) electrons. The summed E-state index contributed by atoms with van der Waals surface area (Å²) in [6.07, 6.45) is 0. The van der Waals surface area contributed by atoms with Crippen molar-refractivity contribution in [3.8, 4) is 44.5 Å². The van der Waals surface area contributed by atoms with Crippen LogP contribution in [-0.4, -0.2) is 0 Å². The maximum absolute atomic E-state index is 2.45. The second-order valence-electron chi connectivity index (χ2n) is 15.7. The van der Waals surface area contributed by atoms with E-state index in [1.165, 1.54) is 53.6 Å². The molecule has 298 valence electrons. The first-order chi connectivity index (χ1) is 31.2. The largest absolute Gasteiger partial charge is 0.310 e. The fraction of sp³-hybridized carbons (Fsp3) is 0. The Balaban J connectivity index is 1.10. The molecule has 0 saturated carbocycles. The van der Waals surface area contributed by atoms with Crippen LogP contribution < -0.4 is 9.80 Å². The summed E-state index contributed by atoms with van der Waals surface area (Å²) in [7, 11) is 0. The van der Waals surface area contributed by atoms with Gasteiger partial charge in [0.1, 0.15) is 0 Å². The summed E-state index contributed by atoms with van der Waals surface area (Å²) >= 11 is 1.85. The summed E-state index contributed by atoms with van der Waals surface area (Å²) < 4.78 is 2.55. The first-order valence-electron chi connectivity index (χ1n) is 21.4. The average Bonchev–Trinajstić information content (AvgIpc) is 3.75. The van der Waals surface area contributed by atoms with Gasteiger partial charge in [0.2, 0.25) is 0 Å². The van der Waals surface area contributed by atoms with Crippen molar-refractivity contribution < 1.29 is 0 Å². The third-order valence-electron chi connectivity index (χ3n) is 11.8. The van der Waals surface area contributed by atoms with Crippen molar-refractivity contribution in [1.82, 2.24) is 0 Å². The molecule has 0 fully saturated rings. The van der Waals surface area contributed by atoms with E-state index in [2.05, 4.69) is 265 Å². The lowest BCUT2D eigenvalue weighted by Crippen LogP contribution is -2.12. The van der Waals surface area contributed by atoms with Gasteiger partial charge in [-0.1, -0.05) is 182 Å². The fourth-order valence-electron chi connectivity index (χ4n) is 8.89. The Hall–Kier alpha value is -7.98. The summed E-state index contributed by atoms with van der Waals surface area (Å²) in [6.45, 7) is 0. The van der Waals surface area contributed by atoms with Crippen LogP contribution in [0.1, 0.15) is 0 Å². The van der Waals surface area contributed by atoms with Crippen LogP contribution in [0.3, 0.4) is 0 Å². The van der Waals surface area contributed by atoms with Crippen LogP contribution in [0, 0.1) is 0 Å². The Bertz CT molecular complexity index is 3270.